The van der Waals surface area contributed by atoms with Crippen LogP contribution in [0.2, 0.25) is 0 Å². The van der Waals surface area contributed by atoms with E-state index < -0.39 is 41.2 Å². The van der Waals surface area contributed by atoms with Crippen molar-refractivity contribution in [3.05, 3.63) is 47.2 Å². The van der Waals surface area contributed by atoms with Crippen molar-refractivity contribution < 1.29 is 36.2 Å². The number of halogens is 6. The SMILES string of the molecule is Cc1cc2c(-c3ccc(C(F)(F)F)cc3C(F)(F)F)nnc(N[C@@H]3CCOC[C@H]3O)n2c1. The second-order valence-electron chi connectivity index (χ2n) is 7.58. The molecule has 6 nitrogen and oxygen atoms in total. The maximum absolute atomic E-state index is 13.7. The normalized spacial score (nSPS) is 20.0. The Hall–Kier alpha value is -2.86. The third-order valence-electron chi connectivity index (χ3n) is 5.22. The molecule has 2 N–H and O–H groups in total. The number of rotatable bonds is 3. The van der Waals surface area contributed by atoms with Gasteiger partial charge in [-0.1, -0.05) is 6.07 Å². The Balaban J connectivity index is 1.84. The van der Waals surface area contributed by atoms with Gasteiger partial charge in [0.1, 0.15) is 5.69 Å². The van der Waals surface area contributed by atoms with Gasteiger partial charge in [0.25, 0.3) is 0 Å². The fourth-order valence-electron chi connectivity index (χ4n) is 3.66. The minimum Gasteiger partial charge on any atom is -0.389 e. The van der Waals surface area contributed by atoms with E-state index in [9.17, 15) is 31.4 Å². The summed E-state index contributed by atoms with van der Waals surface area (Å²) in [6.07, 6.45) is -8.70. The summed E-state index contributed by atoms with van der Waals surface area (Å²) < 4.78 is 86.7. The van der Waals surface area contributed by atoms with Gasteiger partial charge in [0.2, 0.25) is 5.95 Å². The third-order valence-corrected chi connectivity index (χ3v) is 5.22. The molecule has 0 spiro atoms. The molecule has 2 aromatic heterocycles. The summed E-state index contributed by atoms with van der Waals surface area (Å²) in [6, 6.07) is 2.57. The molecular formula is C20H18F6N4O2. The van der Waals surface area contributed by atoms with E-state index in [4.69, 9.17) is 4.74 Å². The molecule has 2 atom stereocenters. The molecule has 172 valence electrons. The Morgan fingerprint density at radius 2 is 1.84 bits per heavy atom. The first kappa shape index (κ1) is 22.3. The Morgan fingerprint density at radius 3 is 2.50 bits per heavy atom. The van der Waals surface area contributed by atoms with E-state index in [1.54, 1.807) is 19.2 Å². The monoisotopic (exact) mass is 460 g/mol. The van der Waals surface area contributed by atoms with Crippen LogP contribution in [-0.2, 0) is 17.1 Å². The number of benzene rings is 1. The van der Waals surface area contributed by atoms with Gasteiger partial charge in [-0.2, -0.15) is 26.3 Å². The zero-order valence-corrected chi connectivity index (χ0v) is 16.6. The second kappa shape index (κ2) is 7.93. The average Bonchev–Trinajstić information content (AvgIpc) is 3.10. The molecule has 1 fully saturated rings. The summed E-state index contributed by atoms with van der Waals surface area (Å²) >= 11 is 0. The van der Waals surface area contributed by atoms with Crippen LogP contribution in [0.3, 0.4) is 0 Å². The summed E-state index contributed by atoms with van der Waals surface area (Å²) in [7, 11) is 0. The predicted molar refractivity (Wildman–Crippen MR) is 102 cm³/mol. The van der Waals surface area contributed by atoms with Crippen molar-refractivity contribution in [1.29, 1.82) is 0 Å². The largest absolute Gasteiger partial charge is 0.417 e. The number of alkyl halides is 6. The molecule has 0 amide bonds. The summed E-state index contributed by atoms with van der Waals surface area (Å²) in [4.78, 5) is 0. The number of nitrogens with one attached hydrogen (secondary N) is 1. The van der Waals surface area contributed by atoms with Gasteiger partial charge in [-0.05, 0) is 37.1 Å². The molecule has 1 aliphatic heterocycles. The first-order valence-electron chi connectivity index (χ1n) is 9.61. The van der Waals surface area contributed by atoms with Crippen molar-refractivity contribution in [2.45, 2.75) is 37.8 Å². The van der Waals surface area contributed by atoms with Crippen LogP contribution < -0.4 is 5.32 Å². The molecule has 0 unspecified atom stereocenters. The molecule has 0 saturated carbocycles. The Bertz CT molecular complexity index is 1140. The van der Waals surface area contributed by atoms with Crippen molar-refractivity contribution in [2.75, 3.05) is 18.5 Å². The fraction of sp³-hybridized carbons (Fsp3) is 0.400. The van der Waals surface area contributed by atoms with Gasteiger partial charge >= 0.3 is 12.4 Å². The van der Waals surface area contributed by atoms with Crippen LogP contribution in [0.4, 0.5) is 32.3 Å². The first-order valence-corrected chi connectivity index (χ1v) is 9.61. The van der Waals surface area contributed by atoms with Crippen LogP contribution in [0.1, 0.15) is 23.1 Å². The summed E-state index contributed by atoms with van der Waals surface area (Å²) in [5, 5.41) is 21.0. The molecule has 4 rings (SSSR count). The topological polar surface area (TPSA) is 71.7 Å². The van der Waals surface area contributed by atoms with Gasteiger partial charge in [-0.15, -0.1) is 10.2 Å². The second-order valence-corrected chi connectivity index (χ2v) is 7.58. The van der Waals surface area contributed by atoms with Crippen molar-refractivity contribution in [2.24, 2.45) is 0 Å². The minimum atomic E-state index is -5.04. The van der Waals surface area contributed by atoms with Crippen LogP contribution >= 0.6 is 0 Å². The van der Waals surface area contributed by atoms with Gasteiger partial charge in [-0.25, -0.2) is 0 Å². The van der Waals surface area contributed by atoms with Gasteiger partial charge in [0.05, 0.1) is 35.4 Å². The Morgan fingerprint density at radius 1 is 1.09 bits per heavy atom. The van der Waals surface area contributed by atoms with Gasteiger partial charge in [0, 0.05) is 18.4 Å². The molecule has 1 aliphatic rings. The number of aliphatic hydroxyl groups excluding tert-OH is 1. The molecule has 0 aliphatic carbocycles. The lowest BCUT2D eigenvalue weighted by Gasteiger charge is -2.28. The van der Waals surface area contributed by atoms with E-state index >= 15 is 0 Å². The van der Waals surface area contributed by atoms with Gasteiger partial charge < -0.3 is 15.2 Å². The maximum atomic E-state index is 13.7. The zero-order chi connectivity index (χ0) is 23.3. The molecule has 0 bridgehead atoms. The van der Waals surface area contributed by atoms with Crippen molar-refractivity contribution in [3.63, 3.8) is 0 Å². The number of hydrogen-bond acceptors (Lipinski definition) is 5. The zero-order valence-electron chi connectivity index (χ0n) is 16.6. The lowest BCUT2D eigenvalue weighted by atomic mass is 10.00. The molecule has 32 heavy (non-hydrogen) atoms. The molecule has 0 radical (unpaired) electrons. The number of aromatic nitrogens is 3. The van der Waals surface area contributed by atoms with Crippen molar-refractivity contribution in [3.8, 4) is 11.3 Å². The predicted octanol–water partition coefficient (Wildman–Crippen LogP) is 4.30. The number of nitrogens with zero attached hydrogens (tertiary/aromatic N) is 3. The number of ether oxygens (including phenoxy) is 1. The van der Waals surface area contributed by atoms with Crippen LogP contribution in [0.25, 0.3) is 16.8 Å². The van der Waals surface area contributed by atoms with E-state index in [1.165, 1.54) is 4.40 Å². The van der Waals surface area contributed by atoms with E-state index in [0.29, 0.717) is 24.7 Å². The van der Waals surface area contributed by atoms with Crippen LogP contribution in [0.15, 0.2) is 30.5 Å². The Kier molecular flexibility index (Phi) is 5.53. The first-order chi connectivity index (χ1) is 14.9. The Labute approximate surface area is 177 Å². The number of hydrogen-bond donors (Lipinski definition) is 2. The van der Waals surface area contributed by atoms with Crippen molar-refractivity contribution >= 4 is 11.5 Å². The summed E-state index contributed by atoms with van der Waals surface area (Å²) in [6.45, 7) is 2.24. The third kappa shape index (κ3) is 4.24. The molecule has 3 aromatic rings. The molecule has 3 heterocycles. The average molecular weight is 460 g/mol. The van der Waals surface area contributed by atoms with E-state index in [-0.39, 0.29) is 29.8 Å². The molecule has 12 heteroatoms. The quantitative estimate of drug-likeness (QED) is 0.571. The van der Waals surface area contributed by atoms with E-state index in [2.05, 4.69) is 15.5 Å². The number of fused-ring (bicyclic) bond motifs is 1. The maximum Gasteiger partial charge on any atom is 0.417 e. The smallest absolute Gasteiger partial charge is 0.389 e. The highest BCUT2D eigenvalue weighted by molar-refractivity contribution is 5.81. The van der Waals surface area contributed by atoms with E-state index in [1.807, 2.05) is 0 Å². The lowest BCUT2D eigenvalue weighted by Crippen LogP contribution is -2.42. The molecular weight excluding hydrogens is 442 g/mol. The van der Waals surface area contributed by atoms with Crippen LogP contribution in [0, 0.1) is 6.92 Å². The highest BCUT2D eigenvalue weighted by Crippen LogP contribution is 2.41. The highest BCUT2D eigenvalue weighted by Gasteiger charge is 2.39. The lowest BCUT2D eigenvalue weighted by molar-refractivity contribution is -0.142. The fourth-order valence-corrected chi connectivity index (χ4v) is 3.66. The standard InChI is InChI=1S/C20H18F6N4O2/c1-10-6-15-17(12-3-2-11(19(21,22)23)7-13(12)20(24,25)26)28-29-18(30(15)8-10)27-14-4-5-32-9-16(14)31/h2-3,6-8,14,16,31H,4-5,9H2,1H3,(H,27,29)/t14-,16-/m1/s1. The molecule has 1 aromatic carbocycles. The van der Waals surface area contributed by atoms with Crippen LogP contribution in [-0.4, -0.2) is 45.1 Å². The van der Waals surface area contributed by atoms with Gasteiger partial charge in [-0.3, -0.25) is 4.40 Å². The highest BCUT2D eigenvalue weighted by atomic mass is 19.4. The van der Waals surface area contributed by atoms with E-state index in [0.717, 1.165) is 6.07 Å². The minimum absolute atomic E-state index is 0.0772. The number of aliphatic hydroxyl groups is 1. The van der Waals surface area contributed by atoms with Crippen molar-refractivity contribution in [1.82, 2.24) is 14.6 Å². The summed E-state index contributed by atoms with van der Waals surface area (Å²) in [5.74, 6) is 0.184. The molecule has 1 saturated heterocycles. The number of anilines is 1. The summed E-state index contributed by atoms with van der Waals surface area (Å²) in [5.41, 5.74) is -2.68. The van der Waals surface area contributed by atoms with Gasteiger partial charge in [0.15, 0.2) is 0 Å². The van der Waals surface area contributed by atoms with Crippen LogP contribution in [0.5, 0.6) is 0 Å². The number of aryl methyl sites for hydroxylation is 1.